The Morgan fingerprint density at radius 2 is 2.42 bits per heavy atom. The lowest BCUT2D eigenvalue weighted by Gasteiger charge is -2.02. The van der Waals surface area contributed by atoms with Crippen LogP contribution in [0.25, 0.3) is 0 Å². The second-order valence-corrected chi connectivity index (χ2v) is 3.11. The third kappa shape index (κ3) is 1.57. The Balaban J connectivity index is 3.03. The maximum absolute atomic E-state index is 10.6. The monoisotopic (exact) mass is 187 g/mol. The standard InChI is InChI=1S/C7H9NO3S/c1-4-3-12-6(7(9)10)5(4)8-11-2/h3,8H,1-2H3,(H,9,10). The zero-order chi connectivity index (χ0) is 9.14. The zero-order valence-electron chi connectivity index (χ0n) is 6.75. The first kappa shape index (κ1) is 9.02. The largest absolute Gasteiger partial charge is 0.477 e. The molecule has 0 aliphatic rings. The molecule has 1 aromatic heterocycles. The second kappa shape index (κ2) is 3.55. The van der Waals surface area contributed by atoms with Crippen molar-refractivity contribution in [1.29, 1.82) is 0 Å². The number of thiophene rings is 1. The molecule has 2 N–H and O–H groups in total. The predicted octanol–water partition coefficient (Wildman–Crippen LogP) is 1.73. The maximum Gasteiger partial charge on any atom is 0.348 e. The van der Waals surface area contributed by atoms with Gasteiger partial charge in [-0.2, -0.15) is 0 Å². The lowest BCUT2D eigenvalue weighted by atomic mass is 10.3. The minimum Gasteiger partial charge on any atom is -0.477 e. The summed E-state index contributed by atoms with van der Waals surface area (Å²) in [4.78, 5) is 15.5. The van der Waals surface area contributed by atoms with Gasteiger partial charge in [0.05, 0.1) is 12.8 Å². The molecule has 0 aliphatic carbocycles. The minimum absolute atomic E-state index is 0.273. The summed E-state index contributed by atoms with van der Waals surface area (Å²) in [5.74, 6) is -0.937. The average Bonchev–Trinajstić information content (AvgIpc) is 2.34. The SMILES string of the molecule is CONc1c(C)csc1C(=O)O. The average molecular weight is 187 g/mol. The molecule has 4 nitrogen and oxygen atoms in total. The molecule has 0 aliphatic heterocycles. The van der Waals surface area contributed by atoms with Crippen LogP contribution >= 0.6 is 11.3 Å². The van der Waals surface area contributed by atoms with Gasteiger partial charge >= 0.3 is 5.97 Å². The number of hydrogen-bond donors (Lipinski definition) is 2. The molecule has 1 heterocycles. The number of nitrogens with one attached hydrogen (secondary N) is 1. The van der Waals surface area contributed by atoms with Crippen LogP contribution in [0.1, 0.15) is 15.2 Å². The Hall–Kier alpha value is -1.07. The molecule has 1 aromatic rings. The minimum atomic E-state index is -0.937. The topological polar surface area (TPSA) is 58.6 Å². The van der Waals surface area contributed by atoms with Crippen LogP contribution in [0.15, 0.2) is 5.38 Å². The van der Waals surface area contributed by atoms with Crippen molar-refractivity contribution in [3.8, 4) is 0 Å². The van der Waals surface area contributed by atoms with E-state index in [4.69, 9.17) is 5.11 Å². The van der Waals surface area contributed by atoms with Gasteiger partial charge < -0.3 is 5.11 Å². The van der Waals surface area contributed by atoms with Gasteiger partial charge in [-0.05, 0) is 17.9 Å². The third-order valence-corrected chi connectivity index (χ3v) is 2.46. The molecule has 0 bridgehead atoms. The van der Waals surface area contributed by atoms with E-state index in [-0.39, 0.29) is 4.88 Å². The molecule has 66 valence electrons. The van der Waals surface area contributed by atoms with Crippen molar-refractivity contribution in [3.63, 3.8) is 0 Å². The van der Waals surface area contributed by atoms with E-state index in [2.05, 4.69) is 10.3 Å². The van der Waals surface area contributed by atoms with Crippen LogP contribution in [0.4, 0.5) is 5.69 Å². The van der Waals surface area contributed by atoms with Gasteiger partial charge in [0.1, 0.15) is 4.88 Å². The molecule has 0 unspecified atom stereocenters. The Kier molecular flexibility index (Phi) is 2.67. The normalized spacial score (nSPS) is 9.83. The van der Waals surface area contributed by atoms with Crippen molar-refractivity contribution >= 4 is 23.0 Å². The third-order valence-electron chi connectivity index (χ3n) is 1.37. The molecule has 0 spiro atoms. The zero-order valence-corrected chi connectivity index (χ0v) is 7.57. The van der Waals surface area contributed by atoms with E-state index >= 15 is 0 Å². The van der Waals surface area contributed by atoms with Crippen molar-refractivity contribution in [1.82, 2.24) is 0 Å². The predicted molar refractivity (Wildman–Crippen MR) is 46.6 cm³/mol. The van der Waals surface area contributed by atoms with E-state index in [1.54, 1.807) is 5.38 Å². The van der Waals surface area contributed by atoms with Crippen LogP contribution < -0.4 is 5.48 Å². The molecule has 0 atom stereocenters. The van der Waals surface area contributed by atoms with Gasteiger partial charge in [0, 0.05) is 0 Å². The second-order valence-electron chi connectivity index (χ2n) is 2.23. The van der Waals surface area contributed by atoms with Gasteiger partial charge in [-0.15, -0.1) is 11.3 Å². The van der Waals surface area contributed by atoms with E-state index in [0.29, 0.717) is 5.69 Å². The molecule has 0 saturated heterocycles. The van der Waals surface area contributed by atoms with Crippen LogP contribution in [0.2, 0.25) is 0 Å². The Morgan fingerprint density at radius 1 is 1.75 bits per heavy atom. The molecule has 0 fully saturated rings. The molecule has 1 rings (SSSR count). The summed E-state index contributed by atoms with van der Waals surface area (Å²) in [6, 6.07) is 0. The van der Waals surface area contributed by atoms with Gasteiger partial charge in [-0.25, -0.2) is 4.79 Å². The van der Waals surface area contributed by atoms with E-state index in [1.165, 1.54) is 18.4 Å². The summed E-state index contributed by atoms with van der Waals surface area (Å²) < 4.78 is 0. The van der Waals surface area contributed by atoms with Crippen molar-refractivity contribution < 1.29 is 14.7 Å². The maximum atomic E-state index is 10.6. The van der Waals surface area contributed by atoms with E-state index < -0.39 is 5.97 Å². The first-order chi connectivity index (χ1) is 5.66. The summed E-state index contributed by atoms with van der Waals surface area (Å²) in [6.07, 6.45) is 0. The summed E-state index contributed by atoms with van der Waals surface area (Å²) in [5, 5.41) is 10.5. The summed E-state index contributed by atoms with van der Waals surface area (Å²) in [6.45, 7) is 1.82. The molecular weight excluding hydrogens is 178 g/mol. The highest BCUT2D eigenvalue weighted by Gasteiger charge is 2.14. The fourth-order valence-electron chi connectivity index (χ4n) is 0.830. The first-order valence-electron chi connectivity index (χ1n) is 3.27. The first-order valence-corrected chi connectivity index (χ1v) is 4.15. The van der Waals surface area contributed by atoms with Crippen LogP contribution in [-0.2, 0) is 4.84 Å². The fourth-order valence-corrected chi connectivity index (χ4v) is 1.66. The van der Waals surface area contributed by atoms with Crippen LogP contribution in [0.3, 0.4) is 0 Å². The van der Waals surface area contributed by atoms with Gasteiger partial charge in [0.15, 0.2) is 0 Å². The molecule has 5 heteroatoms. The number of anilines is 1. The van der Waals surface area contributed by atoms with Gasteiger partial charge in [-0.3, -0.25) is 10.3 Å². The summed E-state index contributed by atoms with van der Waals surface area (Å²) in [7, 11) is 1.45. The molecular formula is C7H9NO3S. The van der Waals surface area contributed by atoms with Crippen molar-refractivity contribution in [3.05, 3.63) is 15.8 Å². The number of carboxylic acid groups (broad SMARTS) is 1. The highest BCUT2D eigenvalue weighted by atomic mass is 32.1. The number of carbonyl (C=O) groups is 1. The van der Waals surface area contributed by atoms with Crippen LogP contribution in [0, 0.1) is 6.92 Å². The van der Waals surface area contributed by atoms with Crippen molar-refractivity contribution in [2.24, 2.45) is 0 Å². The summed E-state index contributed by atoms with van der Waals surface area (Å²) in [5.41, 5.74) is 3.95. The summed E-state index contributed by atoms with van der Waals surface area (Å²) >= 11 is 1.18. The molecule has 0 amide bonds. The van der Waals surface area contributed by atoms with Crippen molar-refractivity contribution in [2.45, 2.75) is 6.92 Å². The number of aryl methyl sites for hydroxylation is 1. The van der Waals surface area contributed by atoms with Gasteiger partial charge in [0.2, 0.25) is 0 Å². The smallest absolute Gasteiger partial charge is 0.348 e. The highest BCUT2D eigenvalue weighted by molar-refractivity contribution is 7.12. The van der Waals surface area contributed by atoms with Crippen LogP contribution in [0.5, 0.6) is 0 Å². The van der Waals surface area contributed by atoms with Crippen LogP contribution in [-0.4, -0.2) is 18.2 Å². The van der Waals surface area contributed by atoms with Gasteiger partial charge in [0.25, 0.3) is 0 Å². The van der Waals surface area contributed by atoms with E-state index in [1.807, 2.05) is 6.92 Å². The van der Waals surface area contributed by atoms with Gasteiger partial charge in [-0.1, -0.05) is 0 Å². The molecule has 0 saturated carbocycles. The van der Waals surface area contributed by atoms with E-state index in [0.717, 1.165) is 5.56 Å². The molecule has 0 radical (unpaired) electrons. The van der Waals surface area contributed by atoms with E-state index in [9.17, 15) is 4.79 Å². The quantitative estimate of drug-likeness (QED) is 0.707. The molecule has 0 aromatic carbocycles. The lowest BCUT2D eigenvalue weighted by Crippen LogP contribution is -2.02. The Bertz CT molecular complexity index is 295. The highest BCUT2D eigenvalue weighted by Crippen LogP contribution is 2.27. The molecule has 12 heavy (non-hydrogen) atoms. The Labute approximate surface area is 73.7 Å². The number of hydrogen-bond acceptors (Lipinski definition) is 4. The van der Waals surface area contributed by atoms with Crippen molar-refractivity contribution in [2.75, 3.05) is 12.6 Å². The Morgan fingerprint density at radius 3 is 2.92 bits per heavy atom. The number of rotatable bonds is 3. The fraction of sp³-hybridized carbons (Fsp3) is 0.286. The number of carboxylic acids is 1. The number of aromatic carboxylic acids is 1. The lowest BCUT2D eigenvalue weighted by molar-refractivity contribution is 0.0702.